The van der Waals surface area contributed by atoms with Gasteiger partial charge in [-0.1, -0.05) is 0 Å². The Labute approximate surface area is 167 Å². The van der Waals surface area contributed by atoms with E-state index in [0.29, 0.717) is 40.1 Å². The molecule has 0 radical (unpaired) electrons. The Kier molecular flexibility index (Phi) is 6.30. The lowest BCUT2D eigenvalue weighted by Gasteiger charge is -2.23. The summed E-state index contributed by atoms with van der Waals surface area (Å²) in [5.41, 5.74) is 1.07. The molecule has 1 heterocycles. The van der Waals surface area contributed by atoms with E-state index in [1.807, 2.05) is 0 Å². The fraction of sp³-hybridized carbons (Fsp3) is 0.300. The smallest absolute Gasteiger partial charge is 0.255 e. The number of carbonyl (C=O) groups excluding carboxylic acids is 2. The molecule has 1 fully saturated rings. The molecule has 7 nitrogen and oxygen atoms in total. The summed E-state index contributed by atoms with van der Waals surface area (Å²) in [7, 11) is 4.64. The van der Waals surface area contributed by atoms with E-state index >= 15 is 0 Å². The SMILES string of the molecule is COc1ccc(NC(=O)C2CSCN2C(=O)c2cc(OC)cc(OC)c2)cc1. The van der Waals surface area contributed by atoms with Gasteiger partial charge in [0, 0.05) is 23.1 Å². The van der Waals surface area contributed by atoms with Gasteiger partial charge in [-0.05, 0) is 36.4 Å². The van der Waals surface area contributed by atoms with E-state index in [1.165, 1.54) is 26.0 Å². The zero-order chi connectivity index (χ0) is 20.1. The molecule has 1 atom stereocenters. The minimum absolute atomic E-state index is 0.224. The third-order valence-corrected chi connectivity index (χ3v) is 5.41. The van der Waals surface area contributed by atoms with Gasteiger partial charge in [0.25, 0.3) is 5.91 Å². The average molecular weight is 402 g/mol. The normalized spacial score (nSPS) is 15.8. The second-order valence-electron chi connectivity index (χ2n) is 6.11. The van der Waals surface area contributed by atoms with E-state index in [-0.39, 0.29) is 11.8 Å². The van der Waals surface area contributed by atoms with Crippen molar-refractivity contribution in [3.63, 3.8) is 0 Å². The fourth-order valence-electron chi connectivity index (χ4n) is 2.86. The summed E-state index contributed by atoms with van der Waals surface area (Å²) in [5.74, 6) is 2.27. The Morgan fingerprint density at radius 2 is 1.57 bits per heavy atom. The van der Waals surface area contributed by atoms with Crippen LogP contribution in [0.1, 0.15) is 10.4 Å². The molecule has 1 aliphatic rings. The number of hydrogen-bond acceptors (Lipinski definition) is 6. The molecule has 1 unspecified atom stereocenters. The van der Waals surface area contributed by atoms with Crippen LogP contribution in [0.15, 0.2) is 42.5 Å². The molecular weight excluding hydrogens is 380 g/mol. The number of rotatable bonds is 6. The zero-order valence-electron chi connectivity index (χ0n) is 15.9. The summed E-state index contributed by atoms with van der Waals surface area (Å²) >= 11 is 1.54. The molecular formula is C20H22N2O5S. The molecule has 0 aliphatic carbocycles. The molecule has 0 spiro atoms. The van der Waals surface area contributed by atoms with Gasteiger partial charge < -0.3 is 24.4 Å². The molecule has 1 N–H and O–H groups in total. The molecule has 2 aromatic rings. The molecule has 1 aliphatic heterocycles. The minimum Gasteiger partial charge on any atom is -0.497 e. The Hall–Kier alpha value is -2.87. The Morgan fingerprint density at radius 3 is 2.14 bits per heavy atom. The van der Waals surface area contributed by atoms with Gasteiger partial charge in [0.05, 0.1) is 27.2 Å². The summed E-state index contributed by atoms with van der Waals surface area (Å²) < 4.78 is 15.6. The topological polar surface area (TPSA) is 77.1 Å². The highest BCUT2D eigenvalue weighted by molar-refractivity contribution is 7.99. The summed E-state index contributed by atoms with van der Waals surface area (Å²) in [6.45, 7) is 0. The van der Waals surface area contributed by atoms with Crippen LogP contribution in [-0.2, 0) is 4.79 Å². The van der Waals surface area contributed by atoms with Crippen LogP contribution in [0.5, 0.6) is 17.2 Å². The van der Waals surface area contributed by atoms with Crippen LogP contribution in [0, 0.1) is 0 Å². The van der Waals surface area contributed by atoms with Gasteiger partial charge in [0.2, 0.25) is 5.91 Å². The van der Waals surface area contributed by atoms with E-state index in [4.69, 9.17) is 14.2 Å². The average Bonchev–Trinajstić information content (AvgIpc) is 3.23. The number of methoxy groups -OCH3 is 3. The van der Waals surface area contributed by atoms with Gasteiger partial charge in [-0.15, -0.1) is 11.8 Å². The number of nitrogens with one attached hydrogen (secondary N) is 1. The van der Waals surface area contributed by atoms with Crippen LogP contribution in [-0.4, -0.2) is 55.7 Å². The van der Waals surface area contributed by atoms with Crippen molar-refractivity contribution in [1.82, 2.24) is 4.90 Å². The van der Waals surface area contributed by atoms with Crippen molar-refractivity contribution in [2.45, 2.75) is 6.04 Å². The highest BCUT2D eigenvalue weighted by atomic mass is 32.2. The predicted molar refractivity (Wildman–Crippen MR) is 108 cm³/mol. The predicted octanol–water partition coefficient (Wildman–Crippen LogP) is 2.87. The first-order valence-corrected chi connectivity index (χ1v) is 9.78. The van der Waals surface area contributed by atoms with Gasteiger partial charge >= 0.3 is 0 Å². The number of hydrogen-bond donors (Lipinski definition) is 1. The molecule has 2 amide bonds. The van der Waals surface area contributed by atoms with Crippen LogP contribution in [0.2, 0.25) is 0 Å². The molecule has 8 heteroatoms. The van der Waals surface area contributed by atoms with Crippen molar-refractivity contribution in [2.75, 3.05) is 38.3 Å². The molecule has 0 bridgehead atoms. The quantitative estimate of drug-likeness (QED) is 0.801. The fourth-order valence-corrected chi connectivity index (χ4v) is 4.01. The Balaban J connectivity index is 1.76. The van der Waals surface area contributed by atoms with Crippen LogP contribution in [0.25, 0.3) is 0 Å². The highest BCUT2D eigenvalue weighted by Crippen LogP contribution is 2.28. The van der Waals surface area contributed by atoms with Crippen LogP contribution < -0.4 is 19.5 Å². The molecule has 0 saturated carbocycles. The zero-order valence-corrected chi connectivity index (χ0v) is 16.7. The summed E-state index contributed by atoms with van der Waals surface area (Å²) in [6.07, 6.45) is 0. The second kappa shape index (κ2) is 8.88. The van der Waals surface area contributed by atoms with E-state index in [9.17, 15) is 9.59 Å². The standard InChI is InChI=1S/C20H22N2O5S/c1-25-15-6-4-14(5-7-15)21-19(23)18-11-28-12-22(18)20(24)13-8-16(26-2)10-17(9-13)27-3/h4-10,18H,11-12H2,1-3H3,(H,21,23). The van der Waals surface area contributed by atoms with Crippen molar-refractivity contribution in [3.05, 3.63) is 48.0 Å². The lowest BCUT2D eigenvalue weighted by molar-refractivity contribution is -0.119. The van der Waals surface area contributed by atoms with Crippen molar-refractivity contribution >= 4 is 29.3 Å². The number of amides is 2. The van der Waals surface area contributed by atoms with E-state index < -0.39 is 6.04 Å². The van der Waals surface area contributed by atoms with Gasteiger partial charge in [0.15, 0.2) is 0 Å². The van der Waals surface area contributed by atoms with E-state index in [2.05, 4.69) is 5.32 Å². The van der Waals surface area contributed by atoms with Crippen molar-refractivity contribution in [3.8, 4) is 17.2 Å². The summed E-state index contributed by atoms with van der Waals surface area (Å²) in [5, 5.41) is 2.87. The van der Waals surface area contributed by atoms with Crippen LogP contribution >= 0.6 is 11.8 Å². The largest absolute Gasteiger partial charge is 0.497 e. The first-order chi connectivity index (χ1) is 13.5. The van der Waals surface area contributed by atoms with E-state index in [0.717, 1.165) is 0 Å². The first-order valence-electron chi connectivity index (χ1n) is 8.62. The number of carbonyl (C=O) groups is 2. The first kappa shape index (κ1) is 19.9. The third-order valence-electron chi connectivity index (χ3n) is 4.40. The summed E-state index contributed by atoms with van der Waals surface area (Å²) in [4.78, 5) is 27.4. The van der Waals surface area contributed by atoms with Gasteiger partial charge in [-0.25, -0.2) is 0 Å². The molecule has 148 valence electrons. The van der Waals surface area contributed by atoms with Gasteiger partial charge in [-0.3, -0.25) is 9.59 Å². The van der Waals surface area contributed by atoms with Crippen molar-refractivity contribution in [1.29, 1.82) is 0 Å². The third kappa shape index (κ3) is 4.33. The highest BCUT2D eigenvalue weighted by Gasteiger charge is 2.35. The molecule has 1 saturated heterocycles. The maximum atomic E-state index is 13.0. The van der Waals surface area contributed by atoms with Gasteiger partial charge in [0.1, 0.15) is 23.3 Å². The summed E-state index contributed by atoms with van der Waals surface area (Å²) in [6, 6.07) is 11.5. The maximum absolute atomic E-state index is 13.0. The van der Waals surface area contributed by atoms with Gasteiger partial charge in [-0.2, -0.15) is 0 Å². The second-order valence-corrected chi connectivity index (χ2v) is 7.11. The lowest BCUT2D eigenvalue weighted by atomic mass is 10.1. The van der Waals surface area contributed by atoms with Crippen molar-refractivity contribution in [2.24, 2.45) is 0 Å². The minimum atomic E-state index is -0.559. The van der Waals surface area contributed by atoms with Crippen LogP contribution in [0.3, 0.4) is 0 Å². The number of thioether (sulfide) groups is 1. The molecule has 28 heavy (non-hydrogen) atoms. The van der Waals surface area contributed by atoms with Crippen LogP contribution in [0.4, 0.5) is 5.69 Å². The van der Waals surface area contributed by atoms with E-state index in [1.54, 1.807) is 54.5 Å². The number of nitrogens with zero attached hydrogens (tertiary/aromatic N) is 1. The maximum Gasteiger partial charge on any atom is 0.255 e. The molecule has 2 aromatic carbocycles. The number of ether oxygens (including phenoxy) is 3. The van der Waals surface area contributed by atoms with Crippen molar-refractivity contribution < 1.29 is 23.8 Å². The Bertz CT molecular complexity index is 834. The number of benzene rings is 2. The molecule has 3 rings (SSSR count). The number of anilines is 1. The molecule has 0 aromatic heterocycles. The Morgan fingerprint density at radius 1 is 0.964 bits per heavy atom. The lowest BCUT2D eigenvalue weighted by Crippen LogP contribution is -2.44. The monoisotopic (exact) mass is 402 g/mol.